The van der Waals surface area contributed by atoms with E-state index in [0.717, 1.165) is 44.0 Å². The molecule has 106 valence electrons. The van der Waals surface area contributed by atoms with Crippen molar-refractivity contribution in [3.8, 4) is 0 Å². The molecule has 1 aliphatic heterocycles. The Morgan fingerprint density at radius 3 is 2.50 bits per heavy atom. The van der Waals surface area contributed by atoms with Crippen molar-refractivity contribution in [2.24, 2.45) is 5.92 Å². The predicted molar refractivity (Wildman–Crippen MR) is 77.2 cm³/mol. The summed E-state index contributed by atoms with van der Waals surface area (Å²) in [5.74, 6) is 0.771. The van der Waals surface area contributed by atoms with Gasteiger partial charge in [-0.15, -0.1) is 0 Å². The predicted octanol–water partition coefficient (Wildman–Crippen LogP) is 2.57. The van der Waals surface area contributed by atoms with E-state index >= 15 is 0 Å². The number of carbonyl (C=O) groups excluding carboxylic acids is 1. The van der Waals surface area contributed by atoms with E-state index in [-0.39, 0.29) is 6.09 Å². The monoisotopic (exact) mass is 320 g/mol. The Bertz CT molecular complexity index is 243. The molecule has 0 aromatic heterocycles. The fourth-order valence-electron chi connectivity index (χ4n) is 2.10. The second-order valence-corrected chi connectivity index (χ2v) is 5.69. The van der Waals surface area contributed by atoms with Crippen LogP contribution in [0.5, 0.6) is 0 Å². The van der Waals surface area contributed by atoms with Crippen LogP contribution in [0.3, 0.4) is 0 Å². The van der Waals surface area contributed by atoms with Crippen LogP contribution in [0, 0.1) is 5.92 Å². The van der Waals surface area contributed by atoms with Gasteiger partial charge in [0.25, 0.3) is 0 Å². The minimum Gasteiger partial charge on any atom is -0.450 e. The van der Waals surface area contributed by atoms with Gasteiger partial charge in [0.1, 0.15) is 0 Å². The standard InChI is InChI=1S/C13H25BrN2O2/c1-3-18-13(17)16-10-8-15(9-11-16)7-5-12(2)4-6-14/h12H,3-11H2,1-2H3. The van der Waals surface area contributed by atoms with Gasteiger partial charge in [-0.1, -0.05) is 22.9 Å². The van der Waals surface area contributed by atoms with Gasteiger partial charge in [0.05, 0.1) is 6.61 Å². The average molecular weight is 321 g/mol. The molecule has 0 radical (unpaired) electrons. The maximum Gasteiger partial charge on any atom is 0.409 e. The lowest BCUT2D eigenvalue weighted by atomic mass is 10.0. The van der Waals surface area contributed by atoms with Crippen molar-refractivity contribution >= 4 is 22.0 Å². The van der Waals surface area contributed by atoms with Gasteiger partial charge in [-0.2, -0.15) is 0 Å². The van der Waals surface area contributed by atoms with Crippen LogP contribution < -0.4 is 0 Å². The van der Waals surface area contributed by atoms with Crippen LogP contribution in [0.15, 0.2) is 0 Å². The van der Waals surface area contributed by atoms with Crippen LogP contribution in [0.4, 0.5) is 4.79 Å². The van der Waals surface area contributed by atoms with Gasteiger partial charge in [0, 0.05) is 31.5 Å². The van der Waals surface area contributed by atoms with E-state index in [9.17, 15) is 4.79 Å². The van der Waals surface area contributed by atoms with E-state index < -0.39 is 0 Å². The van der Waals surface area contributed by atoms with Crippen molar-refractivity contribution in [3.05, 3.63) is 0 Å². The second-order valence-electron chi connectivity index (χ2n) is 4.90. The molecule has 0 aromatic rings. The molecule has 18 heavy (non-hydrogen) atoms. The highest BCUT2D eigenvalue weighted by Crippen LogP contribution is 2.11. The second kappa shape index (κ2) is 8.75. The molecular formula is C13H25BrN2O2. The van der Waals surface area contributed by atoms with E-state index in [1.165, 1.54) is 12.8 Å². The van der Waals surface area contributed by atoms with Gasteiger partial charge in [-0.25, -0.2) is 4.79 Å². The third-order valence-electron chi connectivity index (χ3n) is 3.44. The molecule has 0 saturated carbocycles. The average Bonchev–Trinajstić information content (AvgIpc) is 2.37. The molecule has 0 aliphatic carbocycles. The first kappa shape index (κ1) is 15.8. The quantitative estimate of drug-likeness (QED) is 0.705. The van der Waals surface area contributed by atoms with Crippen molar-refractivity contribution in [1.29, 1.82) is 0 Å². The Morgan fingerprint density at radius 1 is 1.28 bits per heavy atom. The number of alkyl halides is 1. The Hall–Kier alpha value is -0.290. The SMILES string of the molecule is CCOC(=O)N1CCN(CCC(C)CCBr)CC1. The smallest absolute Gasteiger partial charge is 0.409 e. The topological polar surface area (TPSA) is 32.8 Å². The first-order chi connectivity index (χ1) is 8.67. The number of nitrogens with zero attached hydrogens (tertiary/aromatic N) is 2. The maximum atomic E-state index is 11.5. The zero-order chi connectivity index (χ0) is 13.4. The number of hydrogen-bond acceptors (Lipinski definition) is 3. The number of hydrogen-bond donors (Lipinski definition) is 0. The summed E-state index contributed by atoms with van der Waals surface area (Å²) in [7, 11) is 0. The van der Waals surface area contributed by atoms with E-state index in [4.69, 9.17) is 4.74 Å². The van der Waals surface area contributed by atoms with E-state index in [2.05, 4.69) is 27.8 Å². The van der Waals surface area contributed by atoms with Crippen molar-refractivity contribution < 1.29 is 9.53 Å². The lowest BCUT2D eigenvalue weighted by Gasteiger charge is -2.34. The zero-order valence-electron chi connectivity index (χ0n) is 11.5. The van der Waals surface area contributed by atoms with Gasteiger partial charge in [0.15, 0.2) is 0 Å². The van der Waals surface area contributed by atoms with Crippen molar-refractivity contribution in [3.63, 3.8) is 0 Å². The summed E-state index contributed by atoms with van der Waals surface area (Å²) in [6, 6.07) is 0. The molecule has 1 amide bonds. The molecule has 0 bridgehead atoms. The molecule has 4 nitrogen and oxygen atoms in total. The Labute approximate surface area is 119 Å². The normalized spacial score (nSPS) is 18.7. The minimum absolute atomic E-state index is 0.162. The Balaban J connectivity index is 2.17. The molecule has 0 spiro atoms. The summed E-state index contributed by atoms with van der Waals surface area (Å²) in [5.41, 5.74) is 0. The number of ether oxygens (including phenoxy) is 1. The Morgan fingerprint density at radius 2 is 1.94 bits per heavy atom. The number of halogens is 1. The third kappa shape index (κ3) is 5.57. The van der Waals surface area contributed by atoms with Gasteiger partial charge >= 0.3 is 6.09 Å². The van der Waals surface area contributed by atoms with Crippen molar-refractivity contribution in [1.82, 2.24) is 9.80 Å². The van der Waals surface area contributed by atoms with Gasteiger partial charge in [0.2, 0.25) is 0 Å². The van der Waals surface area contributed by atoms with Crippen LogP contribution in [0.2, 0.25) is 0 Å². The fraction of sp³-hybridized carbons (Fsp3) is 0.923. The van der Waals surface area contributed by atoms with Crippen molar-refractivity contribution in [2.45, 2.75) is 26.7 Å². The minimum atomic E-state index is -0.162. The number of amides is 1. The molecule has 1 unspecified atom stereocenters. The molecule has 0 N–H and O–H groups in total. The van der Waals surface area contributed by atoms with Crippen LogP contribution in [0.25, 0.3) is 0 Å². The lowest BCUT2D eigenvalue weighted by molar-refractivity contribution is 0.0782. The first-order valence-electron chi connectivity index (χ1n) is 6.87. The largest absolute Gasteiger partial charge is 0.450 e. The highest BCUT2D eigenvalue weighted by Gasteiger charge is 2.21. The third-order valence-corrected chi connectivity index (χ3v) is 3.90. The molecule has 0 aromatic carbocycles. The number of rotatable bonds is 6. The molecule has 1 saturated heterocycles. The molecule has 1 heterocycles. The fourth-order valence-corrected chi connectivity index (χ4v) is 2.88. The van der Waals surface area contributed by atoms with Crippen LogP contribution >= 0.6 is 15.9 Å². The van der Waals surface area contributed by atoms with E-state index in [1.807, 2.05) is 11.8 Å². The number of piperazine rings is 1. The van der Waals surface area contributed by atoms with Crippen LogP contribution in [0.1, 0.15) is 26.7 Å². The van der Waals surface area contributed by atoms with Gasteiger partial charge < -0.3 is 9.64 Å². The van der Waals surface area contributed by atoms with Crippen molar-refractivity contribution in [2.75, 3.05) is 44.7 Å². The summed E-state index contributed by atoms with van der Waals surface area (Å²) in [6.07, 6.45) is 2.32. The summed E-state index contributed by atoms with van der Waals surface area (Å²) in [5, 5.41) is 1.09. The highest BCUT2D eigenvalue weighted by molar-refractivity contribution is 9.09. The number of carbonyl (C=O) groups is 1. The molecule has 1 rings (SSSR count). The molecular weight excluding hydrogens is 296 g/mol. The molecule has 1 fully saturated rings. The van der Waals surface area contributed by atoms with E-state index in [0.29, 0.717) is 6.61 Å². The maximum absolute atomic E-state index is 11.5. The van der Waals surface area contributed by atoms with Gasteiger partial charge in [-0.05, 0) is 32.2 Å². The zero-order valence-corrected chi connectivity index (χ0v) is 13.1. The van der Waals surface area contributed by atoms with Gasteiger partial charge in [-0.3, -0.25) is 4.90 Å². The lowest BCUT2D eigenvalue weighted by Crippen LogP contribution is -2.49. The summed E-state index contributed by atoms with van der Waals surface area (Å²) >= 11 is 3.48. The molecule has 1 atom stereocenters. The highest BCUT2D eigenvalue weighted by atomic mass is 79.9. The summed E-state index contributed by atoms with van der Waals surface area (Å²) in [4.78, 5) is 15.8. The molecule has 1 aliphatic rings. The van der Waals surface area contributed by atoms with Crippen LogP contribution in [-0.4, -0.2) is 60.6 Å². The van der Waals surface area contributed by atoms with Crippen LogP contribution in [-0.2, 0) is 4.74 Å². The Kier molecular flexibility index (Phi) is 7.66. The summed E-state index contributed by atoms with van der Waals surface area (Å²) < 4.78 is 5.01. The first-order valence-corrected chi connectivity index (χ1v) is 7.99. The molecule has 5 heteroatoms. The summed E-state index contributed by atoms with van der Waals surface area (Å²) in [6.45, 7) is 9.29. The van der Waals surface area contributed by atoms with E-state index in [1.54, 1.807) is 0 Å².